The van der Waals surface area contributed by atoms with Crippen molar-refractivity contribution in [2.45, 2.75) is 20.3 Å². The van der Waals surface area contributed by atoms with Gasteiger partial charge in [0.2, 0.25) is 5.91 Å². The molecule has 1 aliphatic rings. The van der Waals surface area contributed by atoms with E-state index in [2.05, 4.69) is 10.6 Å². The highest BCUT2D eigenvalue weighted by atomic mass is 32.1. The Hall–Kier alpha value is -2.21. The molecule has 21 heavy (non-hydrogen) atoms. The van der Waals surface area contributed by atoms with Gasteiger partial charge in [-0.1, -0.05) is 19.1 Å². The van der Waals surface area contributed by atoms with Crippen LogP contribution in [0.15, 0.2) is 30.0 Å². The zero-order valence-corrected chi connectivity index (χ0v) is 12.8. The number of carbonyl (C=O) groups excluding carboxylic acids is 2. The molecule has 2 N–H and O–H groups in total. The van der Waals surface area contributed by atoms with E-state index < -0.39 is 0 Å². The second-order valence-electron chi connectivity index (χ2n) is 4.75. The summed E-state index contributed by atoms with van der Waals surface area (Å²) >= 11 is 5.15. The molecular weight excluding hydrogens is 286 g/mol. The standard InChI is InChI=1S/C15H17N3O2S/c1-3-8-18-14(20)13(17-15(18)21)9-11-4-6-12(7-5-11)16-10(2)19/h4-7,9H,3,8H2,1-2H3,(H,16,19)(H,17,21). The zero-order valence-electron chi connectivity index (χ0n) is 12.0. The molecule has 6 heteroatoms. The fourth-order valence-electron chi connectivity index (χ4n) is 2.03. The van der Waals surface area contributed by atoms with Gasteiger partial charge in [-0.3, -0.25) is 14.5 Å². The predicted molar refractivity (Wildman–Crippen MR) is 86.5 cm³/mol. The van der Waals surface area contributed by atoms with Crippen molar-refractivity contribution in [1.82, 2.24) is 10.2 Å². The summed E-state index contributed by atoms with van der Waals surface area (Å²) in [6.07, 6.45) is 2.61. The molecule has 0 spiro atoms. The van der Waals surface area contributed by atoms with Gasteiger partial charge in [-0.05, 0) is 42.4 Å². The average Bonchev–Trinajstić information content (AvgIpc) is 2.69. The van der Waals surface area contributed by atoms with Crippen LogP contribution in [0.2, 0.25) is 0 Å². The minimum Gasteiger partial charge on any atom is -0.328 e. The topological polar surface area (TPSA) is 61.4 Å². The molecule has 5 nitrogen and oxygen atoms in total. The number of benzene rings is 1. The van der Waals surface area contributed by atoms with E-state index in [4.69, 9.17) is 12.2 Å². The Morgan fingerprint density at radius 3 is 2.62 bits per heavy atom. The van der Waals surface area contributed by atoms with Crippen molar-refractivity contribution in [3.8, 4) is 0 Å². The van der Waals surface area contributed by atoms with Gasteiger partial charge in [0.15, 0.2) is 5.11 Å². The van der Waals surface area contributed by atoms with Gasteiger partial charge >= 0.3 is 0 Å². The van der Waals surface area contributed by atoms with Crippen molar-refractivity contribution in [3.05, 3.63) is 35.5 Å². The van der Waals surface area contributed by atoms with E-state index in [9.17, 15) is 9.59 Å². The molecule has 0 radical (unpaired) electrons. The number of hydrogen-bond acceptors (Lipinski definition) is 3. The number of nitrogens with one attached hydrogen (secondary N) is 2. The van der Waals surface area contributed by atoms with E-state index in [1.807, 2.05) is 19.1 Å². The third-order valence-corrected chi connectivity index (χ3v) is 3.27. The minimum absolute atomic E-state index is 0.104. The summed E-state index contributed by atoms with van der Waals surface area (Å²) in [5.41, 5.74) is 2.06. The molecule has 1 heterocycles. The Morgan fingerprint density at radius 2 is 2.05 bits per heavy atom. The first-order valence-corrected chi connectivity index (χ1v) is 7.14. The number of anilines is 1. The summed E-state index contributed by atoms with van der Waals surface area (Å²) in [6, 6.07) is 7.24. The molecule has 2 amide bonds. The van der Waals surface area contributed by atoms with E-state index in [0.717, 1.165) is 17.7 Å². The van der Waals surface area contributed by atoms with Crippen LogP contribution in [0.3, 0.4) is 0 Å². The first-order valence-electron chi connectivity index (χ1n) is 6.73. The maximum absolute atomic E-state index is 12.2. The average molecular weight is 303 g/mol. The highest BCUT2D eigenvalue weighted by Gasteiger charge is 2.29. The summed E-state index contributed by atoms with van der Waals surface area (Å²) in [7, 11) is 0. The van der Waals surface area contributed by atoms with Gasteiger partial charge in [0, 0.05) is 19.2 Å². The van der Waals surface area contributed by atoms with Crippen LogP contribution in [0.4, 0.5) is 5.69 Å². The van der Waals surface area contributed by atoms with Crippen LogP contribution in [-0.4, -0.2) is 28.4 Å². The molecular formula is C15H17N3O2S. The van der Waals surface area contributed by atoms with Crippen LogP contribution in [0.25, 0.3) is 6.08 Å². The number of carbonyl (C=O) groups is 2. The molecule has 1 aromatic rings. The van der Waals surface area contributed by atoms with Crippen molar-refractivity contribution in [3.63, 3.8) is 0 Å². The number of hydrogen-bond donors (Lipinski definition) is 2. The predicted octanol–water partition coefficient (Wildman–Crippen LogP) is 2.11. The first kappa shape index (κ1) is 15.2. The molecule has 110 valence electrons. The molecule has 2 rings (SSSR count). The van der Waals surface area contributed by atoms with Crippen LogP contribution in [0, 0.1) is 0 Å². The van der Waals surface area contributed by atoms with Gasteiger partial charge in [0.05, 0.1) is 0 Å². The lowest BCUT2D eigenvalue weighted by Crippen LogP contribution is -2.31. The van der Waals surface area contributed by atoms with E-state index in [-0.39, 0.29) is 11.8 Å². The normalized spacial score (nSPS) is 16.3. The largest absolute Gasteiger partial charge is 0.328 e. The van der Waals surface area contributed by atoms with Crippen LogP contribution in [0.1, 0.15) is 25.8 Å². The molecule has 0 saturated carbocycles. The summed E-state index contributed by atoms with van der Waals surface area (Å²) in [4.78, 5) is 24.7. The lowest BCUT2D eigenvalue weighted by molar-refractivity contribution is -0.122. The molecule has 1 saturated heterocycles. The van der Waals surface area contributed by atoms with Crippen molar-refractivity contribution in [2.75, 3.05) is 11.9 Å². The third kappa shape index (κ3) is 3.66. The number of nitrogens with zero attached hydrogens (tertiary/aromatic N) is 1. The summed E-state index contributed by atoms with van der Waals surface area (Å²) < 4.78 is 0. The quantitative estimate of drug-likeness (QED) is 0.660. The lowest BCUT2D eigenvalue weighted by Gasteiger charge is -2.11. The van der Waals surface area contributed by atoms with Gasteiger partial charge in [0.1, 0.15) is 5.70 Å². The summed E-state index contributed by atoms with van der Waals surface area (Å²) in [5.74, 6) is -0.220. The molecule has 1 aromatic carbocycles. The van der Waals surface area contributed by atoms with E-state index in [0.29, 0.717) is 17.4 Å². The van der Waals surface area contributed by atoms with Gasteiger partial charge < -0.3 is 10.6 Å². The molecule has 0 unspecified atom stereocenters. The molecule has 1 fully saturated rings. The zero-order chi connectivity index (χ0) is 15.4. The van der Waals surface area contributed by atoms with Crippen molar-refractivity contribution in [2.24, 2.45) is 0 Å². The van der Waals surface area contributed by atoms with Crippen molar-refractivity contribution >= 4 is 40.9 Å². The van der Waals surface area contributed by atoms with Crippen LogP contribution < -0.4 is 10.6 Å². The lowest BCUT2D eigenvalue weighted by atomic mass is 10.1. The Kier molecular flexibility index (Phi) is 4.70. The van der Waals surface area contributed by atoms with Crippen LogP contribution >= 0.6 is 12.2 Å². The Bertz CT molecular complexity index is 608. The molecule has 0 aromatic heterocycles. The second-order valence-corrected chi connectivity index (χ2v) is 5.13. The monoisotopic (exact) mass is 303 g/mol. The smallest absolute Gasteiger partial charge is 0.276 e. The third-order valence-electron chi connectivity index (χ3n) is 2.95. The molecule has 0 aliphatic carbocycles. The maximum Gasteiger partial charge on any atom is 0.276 e. The first-order chi connectivity index (χ1) is 10.0. The van der Waals surface area contributed by atoms with Crippen molar-refractivity contribution < 1.29 is 9.59 Å². The van der Waals surface area contributed by atoms with E-state index >= 15 is 0 Å². The van der Waals surface area contributed by atoms with Gasteiger partial charge in [-0.15, -0.1) is 0 Å². The fourth-order valence-corrected chi connectivity index (χ4v) is 2.32. The molecule has 1 aliphatic heterocycles. The second kappa shape index (κ2) is 6.49. The Morgan fingerprint density at radius 1 is 1.38 bits per heavy atom. The Labute approximate surface area is 129 Å². The van der Waals surface area contributed by atoms with Gasteiger partial charge in [-0.25, -0.2) is 0 Å². The highest BCUT2D eigenvalue weighted by Crippen LogP contribution is 2.16. The fraction of sp³-hybridized carbons (Fsp3) is 0.267. The van der Waals surface area contributed by atoms with Gasteiger partial charge in [0.25, 0.3) is 5.91 Å². The van der Waals surface area contributed by atoms with Gasteiger partial charge in [-0.2, -0.15) is 0 Å². The number of thiocarbonyl (C=S) groups is 1. The summed E-state index contributed by atoms with van der Waals surface area (Å²) in [6.45, 7) is 4.07. The van der Waals surface area contributed by atoms with E-state index in [1.165, 1.54) is 6.92 Å². The number of amides is 2. The highest BCUT2D eigenvalue weighted by molar-refractivity contribution is 7.80. The minimum atomic E-state index is -0.116. The molecule has 0 bridgehead atoms. The van der Waals surface area contributed by atoms with Crippen molar-refractivity contribution in [1.29, 1.82) is 0 Å². The maximum atomic E-state index is 12.2. The Balaban J connectivity index is 2.15. The summed E-state index contributed by atoms with van der Waals surface area (Å²) in [5, 5.41) is 6.07. The van der Waals surface area contributed by atoms with Crippen LogP contribution in [0.5, 0.6) is 0 Å². The molecule has 0 atom stereocenters. The van der Waals surface area contributed by atoms with Crippen LogP contribution in [-0.2, 0) is 9.59 Å². The van der Waals surface area contributed by atoms with E-state index in [1.54, 1.807) is 23.1 Å². The SMILES string of the molecule is CCCN1C(=O)C(=Cc2ccc(NC(C)=O)cc2)NC1=S. The number of rotatable bonds is 4.